The van der Waals surface area contributed by atoms with E-state index >= 15 is 0 Å². The van der Waals surface area contributed by atoms with Crippen LogP contribution in [-0.4, -0.2) is 42.6 Å². The fourth-order valence-corrected chi connectivity index (χ4v) is 4.84. The number of hydrogen-bond acceptors (Lipinski definition) is 3. The molecule has 1 aliphatic heterocycles. The molecule has 3 rings (SSSR count). The highest BCUT2D eigenvalue weighted by Crippen LogP contribution is 2.24. The quantitative estimate of drug-likeness (QED) is 0.828. The minimum absolute atomic E-state index is 0.191. The molecule has 8 heteroatoms. The van der Waals surface area contributed by atoms with Crippen molar-refractivity contribution in [3.63, 3.8) is 0 Å². The Morgan fingerprint density at radius 3 is 2.33 bits per heavy atom. The molecule has 0 atom stereocenters. The van der Waals surface area contributed by atoms with E-state index in [4.69, 9.17) is 11.6 Å². The Kier molecular flexibility index (Phi) is 5.86. The predicted octanol–water partition coefficient (Wildman–Crippen LogP) is 2.96. The number of rotatable bonds is 5. The van der Waals surface area contributed by atoms with Crippen LogP contribution in [0, 0.1) is 13.8 Å². The third-order valence-electron chi connectivity index (χ3n) is 4.62. The van der Waals surface area contributed by atoms with Gasteiger partial charge in [-0.1, -0.05) is 48.0 Å². The average Bonchev–Trinajstić information content (AvgIpc) is 2.88. The molecule has 0 unspecified atom stereocenters. The lowest BCUT2D eigenvalue weighted by Crippen LogP contribution is -2.38. The number of carbonyl (C=O) groups is 1. The lowest BCUT2D eigenvalue weighted by Gasteiger charge is -2.19. The minimum Gasteiger partial charge on any atom is -0.324 e. The summed E-state index contributed by atoms with van der Waals surface area (Å²) in [5, 5.41) is 3.36. The molecular weight excluding hydrogens is 386 g/mol. The SMILES string of the molecule is Cc1cccc(C)c1NC(=O)CN1CCN(Cc2ccccc2Cl)S1(=O)=O. The van der Waals surface area contributed by atoms with Gasteiger partial charge in [0.2, 0.25) is 5.91 Å². The Morgan fingerprint density at radius 2 is 1.67 bits per heavy atom. The molecule has 0 spiro atoms. The number of aryl methyl sites for hydroxylation is 2. The van der Waals surface area contributed by atoms with Crippen molar-refractivity contribution in [3.8, 4) is 0 Å². The van der Waals surface area contributed by atoms with E-state index in [1.54, 1.807) is 18.2 Å². The van der Waals surface area contributed by atoms with Gasteiger partial charge in [0.15, 0.2) is 0 Å². The average molecular weight is 408 g/mol. The number of amides is 1. The first-order chi connectivity index (χ1) is 12.8. The second kappa shape index (κ2) is 7.98. The zero-order chi connectivity index (χ0) is 19.6. The van der Waals surface area contributed by atoms with E-state index in [0.29, 0.717) is 11.6 Å². The van der Waals surface area contributed by atoms with Crippen LogP contribution in [0.4, 0.5) is 5.69 Å². The molecular formula is C19H22ClN3O3S. The zero-order valence-corrected chi connectivity index (χ0v) is 16.8. The number of nitrogens with zero attached hydrogens (tertiary/aromatic N) is 2. The molecule has 1 heterocycles. The molecule has 0 saturated carbocycles. The van der Waals surface area contributed by atoms with Crippen LogP contribution in [0.2, 0.25) is 5.02 Å². The van der Waals surface area contributed by atoms with Crippen molar-refractivity contribution in [2.45, 2.75) is 20.4 Å². The number of carbonyl (C=O) groups excluding carboxylic acids is 1. The minimum atomic E-state index is -3.70. The lowest BCUT2D eigenvalue weighted by atomic mass is 10.1. The molecule has 1 amide bonds. The molecule has 1 N–H and O–H groups in total. The predicted molar refractivity (Wildman–Crippen MR) is 107 cm³/mol. The van der Waals surface area contributed by atoms with Crippen molar-refractivity contribution in [1.82, 2.24) is 8.61 Å². The maximum Gasteiger partial charge on any atom is 0.282 e. The molecule has 144 valence electrons. The standard InChI is InChI=1S/C19H22ClN3O3S/c1-14-6-5-7-15(2)19(14)21-18(24)13-23-11-10-22(27(23,25)26)12-16-8-3-4-9-17(16)20/h3-9H,10-13H2,1-2H3,(H,21,24). The Labute approximate surface area is 164 Å². The van der Waals surface area contributed by atoms with Gasteiger partial charge in [0, 0.05) is 30.3 Å². The molecule has 0 aliphatic carbocycles. The number of para-hydroxylation sites is 1. The molecule has 1 fully saturated rings. The summed E-state index contributed by atoms with van der Waals surface area (Å²) in [6, 6.07) is 12.9. The smallest absolute Gasteiger partial charge is 0.282 e. The maximum absolute atomic E-state index is 12.8. The number of anilines is 1. The fraction of sp³-hybridized carbons (Fsp3) is 0.316. The Balaban J connectivity index is 1.68. The van der Waals surface area contributed by atoms with Crippen LogP contribution in [0.15, 0.2) is 42.5 Å². The van der Waals surface area contributed by atoms with Gasteiger partial charge in [-0.25, -0.2) is 0 Å². The van der Waals surface area contributed by atoms with Crippen LogP contribution in [-0.2, 0) is 21.5 Å². The van der Waals surface area contributed by atoms with Crippen LogP contribution < -0.4 is 5.32 Å². The molecule has 1 saturated heterocycles. The first kappa shape index (κ1) is 19.8. The number of halogens is 1. The summed E-state index contributed by atoms with van der Waals surface area (Å²) < 4.78 is 28.1. The van der Waals surface area contributed by atoms with E-state index < -0.39 is 10.2 Å². The molecule has 27 heavy (non-hydrogen) atoms. The van der Waals surface area contributed by atoms with Gasteiger partial charge in [-0.3, -0.25) is 4.79 Å². The van der Waals surface area contributed by atoms with Crippen molar-refractivity contribution >= 4 is 33.4 Å². The lowest BCUT2D eigenvalue weighted by molar-refractivity contribution is -0.116. The third-order valence-corrected chi connectivity index (χ3v) is 6.92. The Hall–Kier alpha value is -1.93. The van der Waals surface area contributed by atoms with Crippen LogP contribution in [0.3, 0.4) is 0 Å². The molecule has 6 nitrogen and oxygen atoms in total. The molecule has 2 aromatic carbocycles. The molecule has 2 aromatic rings. The van der Waals surface area contributed by atoms with Crippen molar-refractivity contribution in [2.24, 2.45) is 0 Å². The van der Waals surface area contributed by atoms with Gasteiger partial charge in [-0.05, 0) is 36.6 Å². The van der Waals surface area contributed by atoms with Gasteiger partial charge >= 0.3 is 0 Å². The largest absolute Gasteiger partial charge is 0.324 e. The fourth-order valence-electron chi connectivity index (χ4n) is 3.11. The summed E-state index contributed by atoms with van der Waals surface area (Å²) in [6.45, 7) is 4.38. The summed E-state index contributed by atoms with van der Waals surface area (Å²) in [4.78, 5) is 12.4. The van der Waals surface area contributed by atoms with Crippen molar-refractivity contribution < 1.29 is 13.2 Å². The van der Waals surface area contributed by atoms with Crippen LogP contribution in [0.25, 0.3) is 0 Å². The number of benzene rings is 2. The number of nitrogens with one attached hydrogen (secondary N) is 1. The molecule has 1 aliphatic rings. The van der Waals surface area contributed by atoms with Crippen molar-refractivity contribution in [1.29, 1.82) is 0 Å². The highest BCUT2D eigenvalue weighted by molar-refractivity contribution is 7.87. The van der Waals surface area contributed by atoms with Crippen LogP contribution in [0.5, 0.6) is 0 Å². The third kappa shape index (κ3) is 4.32. The van der Waals surface area contributed by atoms with E-state index in [2.05, 4.69) is 5.32 Å². The topological polar surface area (TPSA) is 69.7 Å². The monoisotopic (exact) mass is 407 g/mol. The first-order valence-corrected chi connectivity index (χ1v) is 10.4. The van der Waals surface area contributed by atoms with Gasteiger partial charge in [0.05, 0.1) is 6.54 Å². The second-order valence-corrected chi connectivity index (χ2v) is 8.92. The van der Waals surface area contributed by atoms with E-state index in [0.717, 1.165) is 22.4 Å². The van der Waals surface area contributed by atoms with Gasteiger partial charge in [0.1, 0.15) is 0 Å². The van der Waals surface area contributed by atoms with E-state index in [1.807, 2.05) is 38.1 Å². The van der Waals surface area contributed by atoms with E-state index in [-0.39, 0.29) is 25.5 Å². The maximum atomic E-state index is 12.8. The molecule has 0 radical (unpaired) electrons. The van der Waals surface area contributed by atoms with Crippen molar-refractivity contribution in [2.75, 3.05) is 25.0 Å². The normalized spacial score (nSPS) is 17.1. The van der Waals surface area contributed by atoms with Gasteiger partial charge in [-0.15, -0.1) is 0 Å². The van der Waals surface area contributed by atoms with Crippen molar-refractivity contribution in [3.05, 3.63) is 64.2 Å². The summed E-state index contributed by atoms with van der Waals surface area (Å²) in [5.41, 5.74) is 3.34. The Bertz CT molecular complexity index is 942. The van der Waals surface area contributed by atoms with Crippen LogP contribution in [0.1, 0.15) is 16.7 Å². The van der Waals surface area contributed by atoms with Gasteiger partial charge < -0.3 is 5.32 Å². The van der Waals surface area contributed by atoms with E-state index in [9.17, 15) is 13.2 Å². The zero-order valence-electron chi connectivity index (χ0n) is 15.3. The first-order valence-electron chi connectivity index (χ1n) is 8.63. The number of hydrogen-bond donors (Lipinski definition) is 1. The highest BCUT2D eigenvalue weighted by atomic mass is 35.5. The highest BCUT2D eigenvalue weighted by Gasteiger charge is 2.37. The summed E-state index contributed by atoms with van der Waals surface area (Å²) in [7, 11) is -3.70. The van der Waals surface area contributed by atoms with Crippen LogP contribution >= 0.6 is 11.6 Å². The molecule has 0 bridgehead atoms. The van der Waals surface area contributed by atoms with E-state index in [1.165, 1.54) is 8.61 Å². The van der Waals surface area contributed by atoms with Gasteiger partial charge in [-0.2, -0.15) is 17.0 Å². The summed E-state index contributed by atoms with van der Waals surface area (Å²) in [6.07, 6.45) is 0. The summed E-state index contributed by atoms with van der Waals surface area (Å²) >= 11 is 6.14. The molecule has 0 aromatic heterocycles. The summed E-state index contributed by atoms with van der Waals surface area (Å²) in [5.74, 6) is -0.351. The Morgan fingerprint density at radius 1 is 1.04 bits per heavy atom. The second-order valence-electron chi connectivity index (χ2n) is 6.58. The van der Waals surface area contributed by atoms with Gasteiger partial charge in [0.25, 0.3) is 10.2 Å².